The van der Waals surface area contributed by atoms with Gasteiger partial charge in [-0.05, 0) is 54.4 Å². The minimum absolute atomic E-state index is 0.263. The fourth-order valence-electron chi connectivity index (χ4n) is 8.09. The fourth-order valence-corrected chi connectivity index (χ4v) is 12.8. The van der Waals surface area contributed by atoms with Crippen LogP contribution >= 0.6 is 0 Å². The second kappa shape index (κ2) is 30.5. The summed E-state index contributed by atoms with van der Waals surface area (Å²) in [6, 6.07) is 20.1. The quantitative estimate of drug-likeness (QED) is 0.0381. The van der Waals surface area contributed by atoms with Crippen molar-refractivity contribution in [3.05, 3.63) is 84.5 Å². The van der Waals surface area contributed by atoms with Crippen LogP contribution < -0.4 is 15.7 Å². The van der Waals surface area contributed by atoms with E-state index in [0.717, 1.165) is 48.9 Å². The molecule has 0 aliphatic heterocycles. The number of carbonyl (C=O) groups excluding carboxylic acids is 1. The summed E-state index contributed by atoms with van der Waals surface area (Å²) in [5.74, 6) is -0.263. The van der Waals surface area contributed by atoms with Gasteiger partial charge in [0, 0.05) is 0 Å². The number of benzene rings is 2. The molecule has 0 unspecified atom stereocenters. The van der Waals surface area contributed by atoms with Crippen LogP contribution in [0.1, 0.15) is 189 Å². The number of unbranched alkanes of at least 4 members (excludes halogenated alkanes) is 18. The molecular formula is C51H85NO4Si. The Hall–Kier alpha value is -2.51. The van der Waals surface area contributed by atoms with Crippen LogP contribution in [0.5, 0.6) is 0 Å². The molecule has 0 saturated heterocycles. The number of rotatable bonds is 33. The first-order chi connectivity index (χ1) is 27.6. The number of nitrogens with one attached hydrogen (secondary N) is 1. The lowest BCUT2D eigenvalue weighted by atomic mass is 10.0. The molecule has 2 aromatic rings. The minimum atomic E-state index is -3.03. The van der Waals surface area contributed by atoms with Crippen LogP contribution in [-0.2, 0) is 9.22 Å². The Morgan fingerprint density at radius 2 is 1.16 bits per heavy atom. The summed E-state index contributed by atoms with van der Waals surface area (Å²) < 4.78 is 7.39. The molecule has 5 nitrogen and oxygen atoms in total. The highest BCUT2D eigenvalue weighted by atomic mass is 28.4. The Morgan fingerprint density at radius 3 is 1.61 bits per heavy atom. The molecular weight excluding hydrogens is 719 g/mol. The molecule has 2 aromatic carbocycles. The van der Waals surface area contributed by atoms with Crippen LogP contribution in [0.3, 0.4) is 0 Å². The smallest absolute Gasteiger partial charge is 0.262 e. The molecule has 0 bridgehead atoms. The fraction of sp³-hybridized carbons (Fsp3) is 0.667. The van der Waals surface area contributed by atoms with Gasteiger partial charge in [-0.1, -0.05) is 235 Å². The van der Waals surface area contributed by atoms with Gasteiger partial charge < -0.3 is 20.0 Å². The number of allylic oxidation sites excluding steroid dienone is 3. The number of aliphatic hydroxyl groups is 2. The van der Waals surface area contributed by atoms with E-state index in [2.05, 4.69) is 101 Å². The molecule has 57 heavy (non-hydrogen) atoms. The summed E-state index contributed by atoms with van der Waals surface area (Å²) in [5, 5.41) is 26.6. The molecule has 2 rings (SSSR count). The van der Waals surface area contributed by atoms with Gasteiger partial charge in [0.05, 0.1) is 18.8 Å². The van der Waals surface area contributed by atoms with Crippen molar-refractivity contribution < 1.29 is 19.4 Å². The molecule has 3 atom stereocenters. The summed E-state index contributed by atoms with van der Waals surface area (Å²) in [6.45, 7) is 13.1. The monoisotopic (exact) mass is 804 g/mol. The average molecular weight is 804 g/mol. The molecule has 0 saturated carbocycles. The summed E-state index contributed by atoms with van der Waals surface area (Å²) in [6.07, 6.45) is 31.9. The molecule has 322 valence electrons. The van der Waals surface area contributed by atoms with E-state index in [-0.39, 0.29) is 17.6 Å². The zero-order valence-electron chi connectivity index (χ0n) is 37.4. The maximum absolute atomic E-state index is 14.4. The molecule has 0 aliphatic carbocycles. The minimum Gasteiger partial charge on any atom is -0.395 e. The lowest BCUT2D eigenvalue weighted by Gasteiger charge is -2.45. The summed E-state index contributed by atoms with van der Waals surface area (Å²) in [7, 11) is -3.03. The molecule has 3 N–H and O–H groups in total. The van der Waals surface area contributed by atoms with Crippen LogP contribution in [0.25, 0.3) is 0 Å². The van der Waals surface area contributed by atoms with Crippen LogP contribution in [0.4, 0.5) is 0 Å². The third kappa shape index (κ3) is 19.9. The van der Waals surface area contributed by atoms with Crippen LogP contribution in [-0.4, -0.2) is 49.3 Å². The van der Waals surface area contributed by atoms with E-state index in [1.54, 1.807) is 6.08 Å². The molecule has 1 amide bonds. The average Bonchev–Trinajstić information content (AvgIpc) is 3.21. The van der Waals surface area contributed by atoms with Crippen molar-refractivity contribution >= 4 is 24.6 Å². The van der Waals surface area contributed by atoms with Gasteiger partial charge in [0.25, 0.3) is 8.32 Å². The van der Waals surface area contributed by atoms with Gasteiger partial charge in [-0.3, -0.25) is 4.79 Å². The lowest BCUT2D eigenvalue weighted by molar-refractivity contribution is -0.130. The normalized spacial score (nSPS) is 14.2. The highest BCUT2D eigenvalue weighted by Gasteiger charge is 2.52. The third-order valence-corrected chi connectivity index (χ3v) is 16.7. The number of hydrogen-bond acceptors (Lipinski definition) is 4. The van der Waals surface area contributed by atoms with E-state index >= 15 is 0 Å². The van der Waals surface area contributed by atoms with Crippen LogP contribution in [0, 0.1) is 0 Å². The van der Waals surface area contributed by atoms with Crippen molar-refractivity contribution in [3.63, 3.8) is 0 Å². The Morgan fingerprint density at radius 1 is 0.702 bits per heavy atom. The number of hydrogen-bond donors (Lipinski definition) is 3. The highest BCUT2D eigenvalue weighted by Crippen LogP contribution is 2.38. The second-order valence-corrected chi connectivity index (χ2v) is 21.9. The van der Waals surface area contributed by atoms with Gasteiger partial charge in [0.15, 0.2) is 0 Å². The summed E-state index contributed by atoms with van der Waals surface area (Å²) in [5.41, 5.74) is 1.43. The first-order valence-electron chi connectivity index (χ1n) is 23.3. The van der Waals surface area contributed by atoms with E-state index in [0.29, 0.717) is 6.42 Å². The van der Waals surface area contributed by atoms with E-state index in [9.17, 15) is 15.0 Å². The van der Waals surface area contributed by atoms with Gasteiger partial charge in [0.2, 0.25) is 5.91 Å². The Labute approximate surface area is 351 Å². The third-order valence-electron chi connectivity index (χ3n) is 11.6. The lowest BCUT2D eigenvalue weighted by Crippen LogP contribution is -2.69. The highest BCUT2D eigenvalue weighted by molar-refractivity contribution is 6.99. The summed E-state index contributed by atoms with van der Waals surface area (Å²) >= 11 is 0. The predicted molar refractivity (Wildman–Crippen MR) is 248 cm³/mol. The van der Waals surface area contributed by atoms with Crippen LogP contribution in [0.2, 0.25) is 5.04 Å². The number of carbonyl (C=O) groups is 1. The largest absolute Gasteiger partial charge is 0.395 e. The predicted octanol–water partition coefficient (Wildman–Crippen LogP) is 12.3. The molecule has 0 aliphatic rings. The Bertz CT molecular complexity index is 1300. The van der Waals surface area contributed by atoms with Gasteiger partial charge >= 0.3 is 0 Å². The van der Waals surface area contributed by atoms with Gasteiger partial charge in [-0.2, -0.15) is 0 Å². The maximum Gasteiger partial charge on any atom is 0.262 e. The maximum atomic E-state index is 14.4. The first kappa shape index (κ1) is 50.6. The zero-order valence-corrected chi connectivity index (χ0v) is 38.4. The zero-order chi connectivity index (χ0) is 41.6. The molecule has 0 spiro atoms. The molecule has 0 fully saturated rings. The van der Waals surface area contributed by atoms with Gasteiger partial charge in [0.1, 0.15) is 6.10 Å². The SMILES string of the molecule is CCCCCCCCCCCCCC[C@H](O[Si](c1ccccc1)(c1ccccc1)C(C)(C)C)C(=O)N[C@H](CO)[C@@H](O)C=CCCC=C(C)CCCCCCCCC. The van der Waals surface area contributed by atoms with E-state index < -0.39 is 26.6 Å². The van der Waals surface area contributed by atoms with E-state index in [4.69, 9.17) is 4.43 Å². The van der Waals surface area contributed by atoms with Crippen molar-refractivity contribution in [1.82, 2.24) is 5.32 Å². The number of aliphatic hydroxyl groups excluding tert-OH is 2. The van der Waals surface area contributed by atoms with Crippen molar-refractivity contribution in [2.75, 3.05) is 6.61 Å². The van der Waals surface area contributed by atoms with Crippen molar-refractivity contribution in [3.8, 4) is 0 Å². The second-order valence-electron chi connectivity index (χ2n) is 17.7. The molecule has 0 aromatic heterocycles. The molecule has 6 heteroatoms. The topological polar surface area (TPSA) is 78.8 Å². The molecule has 0 radical (unpaired) electrons. The van der Waals surface area contributed by atoms with E-state index in [1.807, 2.05) is 18.2 Å². The summed E-state index contributed by atoms with van der Waals surface area (Å²) in [4.78, 5) is 14.4. The number of amides is 1. The standard InChI is InChI=1S/C51H85NO4Si/c1-7-9-11-13-15-16-17-18-19-21-23-34-42-49(56-57(51(4,5)6,45-37-29-25-30-38-45)46-39-31-26-32-40-46)50(55)52-47(43-53)48(54)41-33-24-28-36-44(3)35-27-22-20-14-12-10-8-2/h25-26,29-33,36-41,47-49,53-54H,7-24,27-28,34-35,42-43H2,1-6H3,(H,52,55)/t47-,48+,49+/m1/s1. The van der Waals surface area contributed by atoms with Crippen molar-refractivity contribution in [1.29, 1.82) is 0 Å². The Kier molecular flexibility index (Phi) is 27.1. The van der Waals surface area contributed by atoms with Crippen molar-refractivity contribution in [2.45, 2.75) is 213 Å². The Balaban J connectivity index is 2.12. The van der Waals surface area contributed by atoms with E-state index in [1.165, 1.54) is 108 Å². The molecule has 0 heterocycles. The van der Waals surface area contributed by atoms with Crippen LogP contribution in [0.15, 0.2) is 84.5 Å². The van der Waals surface area contributed by atoms with Gasteiger partial charge in [-0.15, -0.1) is 0 Å². The first-order valence-corrected chi connectivity index (χ1v) is 25.2. The van der Waals surface area contributed by atoms with Gasteiger partial charge in [-0.25, -0.2) is 0 Å². The van der Waals surface area contributed by atoms with Crippen molar-refractivity contribution in [2.24, 2.45) is 0 Å².